The average molecular weight is 338 g/mol. The predicted octanol–water partition coefficient (Wildman–Crippen LogP) is 3.43. The van der Waals surface area contributed by atoms with E-state index in [-0.39, 0.29) is 5.91 Å². The van der Waals surface area contributed by atoms with Gasteiger partial charge in [-0.25, -0.2) is 4.39 Å². The number of nitrogen functional groups attached to an aromatic ring is 1. The molecular weight excluding hydrogens is 325 g/mol. The summed E-state index contributed by atoms with van der Waals surface area (Å²) in [6.07, 6.45) is 0. The van der Waals surface area contributed by atoms with Crippen molar-refractivity contribution in [3.8, 4) is 0 Å². The number of nitrogens with two attached hydrogens (primary N) is 1. The van der Waals surface area contributed by atoms with Gasteiger partial charge >= 0.3 is 0 Å². The molecule has 2 aromatic carbocycles. The van der Waals surface area contributed by atoms with Gasteiger partial charge in [-0.2, -0.15) is 0 Å². The zero-order valence-corrected chi connectivity index (χ0v) is 12.3. The Labute approximate surface area is 124 Å². The summed E-state index contributed by atoms with van der Waals surface area (Å²) in [5, 5.41) is 2.65. The van der Waals surface area contributed by atoms with E-state index in [0.29, 0.717) is 21.4 Å². The van der Waals surface area contributed by atoms with Gasteiger partial charge in [0.05, 0.1) is 4.47 Å². The third-order valence-electron chi connectivity index (χ3n) is 2.82. The highest BCUT2D eigenvalue weighted by Crippen LogP contribution is 2.21. The standard InChI is InChI=1S/C14H13BrFN3O/c1-8-6-10(19-17)2-4-11(8)14(20)18-9-3-5-12(15)13(16)7-9/h2-7,19H,17H2,1H3,(H,18,20). The molecule has 2 aromatic rings. The van der Waals surface area contributed by atoms with E-state index in [0.717, 1.165) is 5.56 Å². The average Bonchev–Trinajstić information content (AvgIpc) is 2.42. The highest BCUT2D eigenvalue weighted by molar-refractivity contribution is 9.10. The number of hydrogen-bond acceptors (Lipinski definition) is 3. The van der Waals surface area contributed by atoms with Gasteiger partial charge in [0, 0.05) is 16.9 Å². The first kappa shape index (κ1) is 14.5. The second kappa shape index (κ2) is 6.02. The number of carbonyl (C=O) groups excluding carboxylic acids is 1. The molecule has 0 atom stereocenters. The van der Waals surface area contributed by atoms with Gasteiger partial charge in [0.25, 0.3) is 5.91 Å². The van der Waals surface area contributed by atoms with Crippen molar-refractivity contribution in [2.45, 2.75) is 6.92 Å². The molecule has 20 heavy (non-hydrogen) atoms. The van der Waals surface area contributed by atoms with Crippen LogP contribution in [0.15, 0.2) is 40.9 Å². The van der Waals surface area contributed by atoms with Crippen molar-refractivity contribution in [2.24, 2.45) is 5.84 Å². The van der Waals surface area contributed by atoms with Gasteiger partial charge in [-0.1, -0.05) is 0 Å². The number of benzene rings is 2. The molecule has 0 heterocycles. The van der Waals surface area contributed by atoms with E-state index >= 15 is 0 Å². The van der Waals surface area contributed by atoms with E-state index in [1.165, 1.54) is 6.07 Å². The SMILES string of the molecule is Cc1cc(NN)ccc1C(=O)Nc1ccc(Br)c(F)c1. The van der Waals surface area contributed by atoms with Crippen molar-refractivity contribution in [1.29, 1.82) is 0 Å². The molecule has 4 nitrogen and oxygen atoms in total. The molecule has 4 N–H and O–H groups in total. The minimum atomic E-state index is -0.429. The molecule has 104 valence electrons. The molecule has 0 aliphatic carbocycles. The van der Waals surface area contributed by atoms with Crippen molar-refractivity contribution in [3.05, 3.63) is 57.8 Å². The summed E-state index contributed by atoms with van der Waals surface area (Å²) in [5.74, 6) is 4.58. The van der Waals surface area contributed by atoms with Gasteiger partial charge in [0.15, 0.2) is 0 Å². The predicted molar refractivity (Wildman–Crippen MR) is 81.0 cm³/mol. The number of hydrogen-bond donors (Lipinski definition) is 3. The Morgan fingerprint density at radius 3 is 2.50 bits per heavy atom. The van der Waals surface area contributed by atoms with Crippen LogP contribution in [0.25, 0.3) is 0 Å². The Bertz CT molecular complexity index is 661. The molecule has 0 aliphatic rings. The minimum Gasteiger partial charge on any atom is -0.324 e. The van der Waals surface area contributed by atoms with E-state index in [2.05, 4.69) is 26.7 Å². The lowest BCUT2D eigenvalue weighted by Crippen LogP contribution is -2.14. The summed E-state index contributed by atoms with van der Waals surface area (Å²) in [4.78, 5) is 12.1. The number of rotatable bonds is 3. The summed E-state index contributed by atoms with van der Waals surface area (Å²) < 4.78 is 13.7. The molecule has 0 unspecified atom stereocenters. The number of anilines is 2. The molecule has 0 spiro atoms. The quantitative estimate of drug-likeness (QED) is 0.593. The van der Waals surface area contributed by atoms with Gasteiger partial charge < -0.3 is 10.7 Å². The largest absolute Gasteiger partial charge is 0.324 e. The van der Waals surface area contributed by atoms with Crippen LogP contribution in [0.4, 0.5) is 15.8 Å². The lowest BCUT2D eigenvalue weighted by Gasteiger charge is -2.09. The molecule has 0 bridgehead atoms. The third-order valence-corrected chi connectivity index (χ3v) is 3.46. The van der Waals surface area contributed by atoms with E-state index < -0.39 is 5.82 Å². The fraction of sp³-hybridized carbons (Fsp3) is 0.0714. The Kier molecular flexibility index (Phi) is 4.36. The maximum atomic E-state index is 13.4. The first-order chi connectivity index (χ1) is 9.51. The topological polar surface area (TPSA) is 67.1 Å². The van der Waals surface area contributed by atoms with Crippen LogP contribution < -0.4 is 16.6 Å². The van der Waals surface area contributed by atoms with E-state index in [1.54, 1.807) is 37.3 Å². The number of amides is 1. The van der Waals surface area contributed by atoms with Crippen molar-refractivity contribution < 1.29 is 9.18 Å². The molecule has 0 fully saturated rings. The van der Waals surface area contributed by atoms with Crippen LogP contribution in [-0.2, 0) is 0 Å². The fourth-order valence-corrected chi connectivity index (χ4v) is 2.03. The molecule has 6 heteroatoms. The smallest absolute Gasteiger partial charge is 0.255 e. The number of nitrogens with one attached hydrogen (secondary N) is 2. The Morgan fingerprint density at radius 2 is 1.90 bits per heavy atom. The van der Waals surface area contributed by atoms with Gasteiger partial charge in [-0.15, -0.1) is 0 Å². The second-order valence-electron chi connectivity index (χ2n) is 4.26. The fourth-order valence-electron chi connectivity index (χ4n) is 1.78. The van der Waals surface area contributed by atoms with Crippen LogP contribution in [0.3, 0.4) is 0 Å². The van der Waals surface area contributed by atoms with Crippen LogP contribution in [-0.4, -0.2) is 5.91 Å². The zero-order chi connectivity index (χ0) is 14.7. The Balaban J connectivity index is 2.21. The van der Waals surface area contributed by atoms with Gasteiger partial charge in [0.2, 0.25) is 0 Å². The van der Waals surface area contributed by atoms with Crippen molar-refractivity contribution in [1.82, 2.24) is 0 Å². The van der Waals surface area contributed by atoms with Crippen LogP contribution in [0.2, 0.25) is 0 Å². The number of halogens is 2. The molecular formula is C14H13BrFN3O. The molecule has 2 rings (SSSR count). The molecule has 1 amide bonds. The monoisotopic (exact) mass is 337 g/mol. The normalized spacial score (nSPS) is 10.2. The van der Waals surface area contributed by atoms with Gasteiger partial charge in [0.1, 0.15) is 5.82 Å². The highest BCUT2D eigenvalue weighted by atomic mass is 79.9. The molecule has 0 saturated heterocycles. The zero-order valence-electron chi connectivity index (χ0n) is 10.7. The van der Waals surface area contributed by atoms with Crippen LogP contribution in [0.1, 0.15) is 15.9 Å². The van der Waals surface area contributed by atoms with Crippen molar-refractivity contribution >= 4 is 33.2 Å². The van der Waals surface area contributed by atoms with Crippen molar-refractivity contribution in [2.75, 3.05) is 10.7 Å². The van der Waals surface area contributed by atoms with E-state index in [9.17, 15) is 9.18 Å². The summed E-state index contributed by atoms with van der Waals surface area (Å²) in [6.45, 7) is 1.80. The number of hydrazine groups is 1. The van der Waals surface area contributed by atoms with Crippen molar-refractivity contribution in [3.63, 3.8) is 0 Å². The van der Waals surface area contributed by atoms with Gasteiger partial charge in [-0.3, -0.25) is 10.6 Å². The minimum absolute atomic E-state index is 0.298. The van der Waals surface area contributed by atoms with E-state index in [4.69, 9.17) is 5.84 Å². The van der Waals surface area contributed by atoms with Crippen LogP contribution in [0, 0.1) is 12.7 Å². The summed E-state index contributed by atoms with van der Waals surface area (Å²) in [5.41, 5.74) is 4.91. The Hall–Kier alpha value is -1.92. The van der Waals surface area contributed by atoms with Crippen LogP contribution >= 0.6 is 15.9 Å². The maximum Gasteiger partial charge on any atom is 0.255 e. The molecule has 0 aliphatic heterocycles. The molecule has 0 saturated carbocycles. The second-order valence-corrected chi connectivity index (χ2v) is 5.11. The highest BCUT2D eigenvalue weighted by Gasteiger charge is 2.10. The third kappa shape index (κ3) is 3.15. The first-order valence-electron chi connectivity index (χ1n) is 5.85. The number of aryl methyl sites for hydroxylation is 1. The molecule has 0 aromatic heterocycles. The molecule has 0 radical (unpaired) electrons. The summed E-state index contributed by atoms with van der Waals surface area (Å²) >= 11 is 3.06. The lowest BCUT2D eigenvalue weighted by molar-refractivity contribution is 0.102. The van der Waals surface area contributed by atoms with Crippen LogP contribution in [0.5, 0.6) is 0 Å². The lowest BCUT2D eigenvalue weighted by atomic mass is 10.1. The summed E-state index contributed by atoms with van der Waals surface area (Å²) in [6, 6.07) is 9.54. The maximum absolute atomic E-state index is 13.4. The summed E-state index contributed by atoms with van der Waals surface area (Å²) in [7, 11) is 0. The Morgan fingerprint density at radius 1 is 1.20 bits per heavy atom. The van der Waals surface area contributed by atoms with Gasteiger partial charge in [-0.05, 0) is 64.8 Å². The first-order valence-corrected chi connectivity index (χ1v) is 6.64. The van der Waals surface area contributed by atoms with E-state index in [1.807, 2.05) is 0 Å². The number of carbonyl (C=O) groups is 1.